The predicted molar refractivity (Wildman–Crippen MR) is 69.8 cm³/mol. The molecule has 88 valence electrons. The fourth-order valence-electron chi connectivity index (χ4n) is 1.38. The van der Waals surface area contributed by atoms with Gasteiger partial charge in [0.1, 0.15) is 17.4 Å². The Labute approximate surface area is 102 Å². The highest BCUT2D eigenvalue weighted by Crippen LogP contribution is 2.15. The third kappa shape index (κ3) is 3.30. The molecule has 4 heteroatoms. The first-order valence-corrected chi connectivity index (χ1v) is 8.77. The zero-order valence-corrected chi connectivity index (χ0v) is 11.3. The Morgan fingerprint density at radius 2 is 1.94 bits per heavy atom. The molecule has 1 aromatic rings. The van der Waals surface area contributed by atoms with Crippen LogP contribution in [0.4, 0.5) is 0 Å². The summed E-state index contributed by atoms with van der Waals surface area (Å²) in [5.74, 6) is -0.147. The molecule has 17 heavy (non-hydrogen) atoms. The average Bonchev–Trinajstić information content (AvgIpc) is 2.27. The highest BCUT2D eigenvalue weighted by atomic mass is 28.3. The van der Waals surface area contributed by atoms with Gasteiger partial charge in [0.25, 0.3) is 0 Å². The molecule has 1 aromatic carbocycles. The van der Waals surface area contributed by atoms with E-state index in [1.807, 2.05) is 12.1 Å². The molecule has 0 aromatic heterocycles. The number of hydrogen-bond donors (Lipinski definition) is 0. The minimum atomic E-state index is -1.58. The maximum Gasteiger partial charge on any atom is 0.353 e. The van der Waals surface area contributed by atoms with Crippen molar-refractivity contribution in [2.45, 2.75) is 19.6 Å². The van der Waals surface area contributed by atoms with Gasteiger partial charge in [0.2, 0.25) is 0 Å². The Kier molecular flexibility index (Phi) is 3.87. The number of nitrogens with zero attached hydrogens (tertiary/aromatic N) is 1. The van der Waals surface area contributed by atoms with Crippen molar-refractivity contribution in [3.05, 3.63) is 36.4 Å². The molecule has 0 spiro atoms. The number of benzene rings is 1. The van der Waals surface area contributed by atoms with Crippen LogP contribution in [-0.4, -0.2) is 14.0 Å². The molecule has 0 heterocycles. The van der Waals surface area contributed by atoms with Gasteiger partial charge >= 0.3 is 5.97 Å². The lowest BCUT2D eigenvalue weighted by Gasteiger charge is -2.19. The summed E-state index contributed by atoms with van der Waals surface area (Å²) in [6.07, 6.45) is 0. The Morgan fingerprint density at radius 3 is 2.47 bits per heavy atom. The van der Waals surface area contributed by atoms with Gasteiger partial charge in [0.15, 0.2) is 0 Å². The second-order valence-corrected chi connectivity index (χ2v) is 9.76. The topological polar surface area (TPSA) is 50.1 Å². The van der Waals surface area contributed by atoms with Gasteiger partial charge in [0, 0.05) is 0 Å². The van der Waals surface area contributed by atoms with E-state index < -0.39 is 14.0 Å². The molecule has 0 unspecified atom stereocenters. The number of hydrogen-bond acceptors (Lipinski definition) is 3. The molecule has 0 saturated carbocycles. The van der Waals surface area contributed by atoms with E-state index in [0.29, 0.717) is 5.75 Å². The van der Waals surface area contributed by atoms with Crippen LogP contribution in [-0.2, 0) is 4.79 Å². The SMILES string of the molecule is C=C(C#N)C(=O)Oc1ccccc1[Si](C)(C)C. The van der Waals surface area contributed by atoms with Gasteiger partial charge in [-0.3, -0.25) is 0 Å². The van der Waals surface area contributed by atoms with E-state index in [0.717, 1.165) is 5.19 Å². The van der Waals surface area contributed by atoms with Crippen LogP contribution in [0.3, 0.4) is 0 Å². The van der Waals surface area contributed by atoms with Gasteiger partial charge in [-0.15, -0.1) is 0 Å². The summed E-state index contributed by atoms with van der Waals surface area (Å²) >= 11 is 0. The molecule has 0 aliphatic rings. The van der Waals surface area contributed by atoms with Crippen LogP contribution in [0.2, 0.25) is 19.6 Å². The highest BCUT2D eigenvalue weighted by molar-refractivity contribution is 6.89. The summed E-state index contributed by atoms with van der Waals surface area (Å²) in [6.45, 7) is 9.83. The van der Waals surface area contributed by atoms with Crippen LogP contribution in [0.25, 0.3) is 0 Å². The third-order valence-electron chi connectivity index (χ3n) is 2.28. The lowest BCUT2D eigenvalue weighted by atomic mass is 10.3. The zero-order valence-electron chi connectivity index (χ0n) is 10.3. The number of rotatable bonds is 3. The maximum absolute atomic E-state index is 11.5. The first-order valence-electron chi connectivity index (χ1n) is 5.27. The summed E-state index contributed by atoms with van der Waals surface area (Å²) in [7, 11) is -1.58. The van der Waals surface area contributed by atoms with E-state index in [2.05, 4.69) is 26.2 Å². The van der Waals surface area contributed by atoms with Gasteiger partial charge < -0.3 is 4.74 Å². The number of carbonyl (C=O) groups is 1. The standard InChI is InChI=1S/C13H15NO2Si/c1-10(9-14)13(15)16-11-7-5-6-8-12(11)17(2,3)4/h5-8H,1H2,2-4H3. The number of nitriles is 1. The molecule has 0 aliphatic carbocycles. The van der Waals surface area contributed by atoms with Gasteiger partial charge in [0.05, 0.1) is 8.07 Å². The average molecular weight is 245 g/mol. The first kappa shape index (κ1) is 13.2. The Bertz CT molecular complexity index is 495. The normalized spacial score (nSPS) is 10.5. The van der Waals surface area contributed by atoms with Crippen LogP contribution in [0.1, 0.15) is 0 Å². The molecule has 3 nitrogen and oxygen atoms in total. The first-order chi connectivity index (χ1) is 7.86. The third-order valence-corrected chi connectivity index (χ3v) is 4.31. The number of para-hydroxylation sites is 1. The monoisotopic (exact) mass is 245 g/mol. The van der Waals surface area contributed by atoms with E-state index in [-0.39, 0.29) is 5.57 Å². The fourth-order valence-corrected chi connectivity index (χ4v) is 2.85. The van der Waals surface area contributed by atoms with Crippen LogP contribution < -0.4 is 9.92 Å². The molecular weight excluding hydrogens is 230 g/mol. The summed E-state index contributed by atoms with van der Waals surface area (Å²) in [5, 5.41) is 9.63. The second kappa shape index (κ2) is 4.98. The quantitative estimate of drug-likeness (QED) is 0.270. The Morgan fingerprint density at radius 1 is 1.35 bits per heavy atom. The molecule has 0 saturated heterocycles. The minimum Gasteiger partial charge on any atom is -0.423 e. The van der Waals surface area contributed by atoms with Crippen molar-refractivity contribution in [3.8, 4) is 11.8 Å². The molecule has 0 radical (unpaired) electrons. The Balaban J connectivity index is 3.05. The second-order valence-electron chi connectivity index (χ2n) is 4.73. The van der Waals surface area contributed by atoms with Crippen molar-refractivity contribution >= 4 is 19.2 Å². The molecule has 0 atom stereocenters. The van der Waals surface area contributed by atoms with Gasteiger partial charge in [-0.1, -0.05) is 44.4 Å². The smallest absolute Gasteiger partial charge is 0.353 e. The Hall–Kier alpha value is -1.86. The molecular formula is C13H15NO2Si. The van der Waals surface area contributed by atoms with Crippen LogP contribution in [0, 0.1) is 11.3 Å². The van der Waals surface area contributed by atoms with Crippen molar-refractivity contribution in [1.29, 1.82) is 5.26 Å². The summed E-state index contributed by atoms with van der Waals surface area (Å²) in [4.78, 5) is 11.5. The molecule has 0 aliphatic heterocycles. The zero-order chi connectivity index (χ0) is 13.1. The van der Waals surface area contributed by atoms with E-state index in [9.17, 15) is 4.79 Å². The van der Waals surface area contributed by atoms with Crippen molar-refractivity contribution in [1.82, 2.24) is 0 Å². The molecule has 0 bridgehead atoms. The van der Waals surface area contributed by atoms with Gasteiger partial charge in [-0.25, -0.2) is 4.79 Å². The van der Waals surface area contributed by atoms with Gasteiger partial charge in [-0.2, -0.15) is 5.26 Å². The van der Waals surface area contributed by atoms with Crippen molar-refractivity contribution in [3.63, 3.8) is 0 Å². The predicted octanol–water partition coefficient (Wildman–Crippen LogP) is 2.22. The lowest BCUT2D eigenvalue weighted by Crippen LogP contribution is -2.39. The fraction of sp³-hybridized carbons (Fsp3) is 0.231. The van der Waals surface area contributed by atoms with Crippen LogP contribution in [0.5, 0.6) is 5.75 Å². The summed E-state index contributed by atoms with van der Waals surface area (Å²) in [6, 6.07) is 9.12. The molecule has 0 amide bonds. The largest absolute Gasteiger partial charge is 0.423 e. The van der Waals surface area contributed by atoms with Gasteiger partial charge in [-0.05, 0) is 11.3 Å². The number of esters is 1. The van der Waals surface area contributed by atoms with E-state index in [1.54, 1.807) is 18.2 Å². The molecule has 0 fully saturated rings. The molecule has 0 N–H and O–H groups in total. The van der Waals surface area contributed by atoms with Crippen molar-refractivity contribution < 1.29 is 9.53 Å². The summed E-state index contributed by atoms with van der Waals surface area (Å²) in [5.41, 5.74) is -0.185. The molecule has 1 rings (SSSR count). The minimum absolute atomic E-state index is 0.185. The lowest BCUT2D eigenvalue weighted by molar-refractivity contribution is -0.129. The number of carbonyl (C=O) groups excluding carboxylic acids is 1. The van der Waals surface area contributed by atoms with E-state index >= 15 is 0 Å². The van der Waals surface area contributed by atoms with Crippen LogP contribution >= 0.6 is 0 Å². The van der Waals surface area contributed by atoms with Crippen molar-refractivity contribution in [2.24, 2.45) is 0 Å². The summed E-state index contributed by atoms with van der Waals surface area (Å²) < 4.78 is 5.20. The van der Waals surface area contributed by atoms with E-state index in [1.165, 1.54) is 0 Å². The van der Waals surface area contributed by atoms with E-state index in [4.69, 9.17) is 10.00 Å². The highest BCUT2D eigenvalue weighted by Gasteiger charge is 2.22. The number of ether oxygens (including phenoxy) is 1. The van der Waals surface area contributed by atoms with Crippen LogP contribution in [0.15, 0.2) is 36.4 Å². The maximum atomic E-state index is 11.5. The van der Waals surface area contributed by atoms with Crippen molar-refractivity contribution in [2.75, 3.05) is 0 Å².